The van der Waals surface area contributed by atoms with Gasteiger partial charge >= 0.3 is 9.28 Å². The van der Waals surface area contributed by atoms with Crippen molar-refractivity contribution in [1.82, 2.24) is 0 Å². The predicted octanol–water partition coefficient (Wildman–Crippen LogP) is 4.20. The third kappa shape index (κ3) is 12.1. The van der Waals surface area contributed by atoms with Gasteiger partial charge in [-0.2, -0.15) is 0 Å². The number of hydrogen-bond acceptors (Lipinski definition) is 2. The minimum atomic E-state index is -1.28. The van der Waals surface area contributed by atoms with Gasteiger partial charge in [0.25, 0.3) is 0 Å². The third-order valence-corrected chi connectivity index (χ3v) is 5.06. The van der Waals surface area contributed by atoms with Crippen molar-refractivity contribution in [2.45, 2.75) is 63.8 Å². The topological polar surface area (TPSA) is 18.5 Å². The van der Waals surface area contributed by atoms with Crippen LogP contribution in [0.3, 0.4) is 0 Å². The zero-order valence-corrected chi connectivity index (χ0v) is 12.9. The first-order chi connectivity index (χ1) is 8.35. The Bertz CT molecular complexity index is 158. The van der Waals surface area contributed by atoms with Crippen molar-refractivity contribution in [2.75, 3.05) is 14.2 Å². The monoisotopic (exact) mass is 258 g/mol. The van der Waals surface area contributed by atoms with E-state index < -0.39 is 9.28 Å². The highest BCUT2D eigenvalue weighted by Crippen LogP contribution is 2.12. The van der Waals surface area contributed by atoms with Gasteiger partial charge in [-0.3, -0.25) is 0 Å². The van der Waals surface area contributed by atoms with Crippen molar-refractivity contribution in [3.05, 3.63) is 12.7 Å². The van der Waals surface area contributed by atoms with Gasteiger partial charge in [0.05, 0.1) is 0 Å². The normalized spacial score (nSPS) is 11.0. The Morgan fingerprint density at radius 1 is 0.824 bits per heavy atom. The van der Waals surface area contributed by atoms with Gasteiger partial charge in [0.2, 0.25) is 0 Å². The first-order valence-electron chi connectivity index (χ1n) is 7.01. The molecule has 0 amide bonds. The van der Waals surface area contributed by atoms with Gasteiger partial charge in [-0.1, -0.05) is 51.0 Å². The summed E-state index contributed by atoms with van der Waals surface area (Å²) in [5.41, 5.74) is 0. The van der Waals surface area contributed by atoms with E-state index in [1.165, 1.54) is 57.8 Å². The maximum Gasteiger partial charge on any atom is 0.320 e. The number of allylic oxidation sites excluding steroid dienone is 1. The van der Waals surface area contributed by atoms with Crippen LogP contribution in [0, 0.1) is 0 Å². The molecular formula is C14H30O2Si. The van der Waals surface area contributed by atoms with Crippen LogP contribution in [0.5, 0.6) is 0 Å². The highest BCUT2D eigenvalue weighted by molar-refractivity contribution is 6.44. The van der Waals surface area contributed by atoms with E-state index in [9.17, 15) is 0 Å². The second-order valence-corrected chi connectivity index (χ2v) is 6.97. The van der Waals surface area contributed by atoms with Gasteiger partial charge in [0, 0.05) is 14.2 Å². The van der Waals surface area contributed by atoms with E-state index in [0.717, 1.165) is 6.04 Å². The Balaban J connectivity index is 3.05. The molecule has 0 atom stereocenters. The van der Waals surface area contributed by atoms with E-state index in [-0.39, 0.29) is 0 Å². The summed E-state index contributed by atoms with van der Waals surface area (Å²) in [4.78, 5) is 0. The predicted molar refractivity (Wildman–Crippen MR) is 77.7 cm³/mol. The fourth-order valence-electron chi connectivity index (χ4n) is 1.99. The molecule has 0 aromatic heterocycles. The molecule has 0 rings (SSSR count). The molecule has 0 aromatic carbocycles. The van der Waals surface area contributed by atoms with E-state index in [1.54, 1.807) is 14.2 Å². The lowest BCUT2D eigenvalue weighted by atomic mass is 10.1. The molecule has 0 bridgehead atoms. The summed E-state index contributed by atoms with van der Waals surface area (Å²) >= 11 is 0. The van der Waals surface area contributed by atoms with Crippen molar-refractivity contribution >= 4 is 9.28 Å². The Kier molecular flexibility index (Phi) is 13.8. The zero-order chi connectivity index (χ0) is 12.8. The molecule has 2 nitrogen and oxygen atoms in total. The Morgan fingerprint density at radius 3 is 1.76 bits per heavy atom. The van der Waals surface area contributed by atoms with Gasteiger partial charge in [0.1, 0.15) is 0 Å². The van der Waals surface area contributed by atoms with Crippen LogP contribution in [0.2, 0.25) is 6.04 Å². The number of rotatable bonds is 13. The second-order valence-electron chi connectivity index (χ2n) is 4.60. The molecule has 102 valence electrons. The lowest BCUT2D eigenvalue weighted by Crippen LogP contribution is -2.18. The van der Waals surface area contributed by atoms with Crippen LogP contribution < -0.4 is 0 Å². The average Bonchev–Trinajstić information content (AvgIpc) is 2.36. The van der Waals surface area contributed by atoms with E-state index in [4.69, 9.17) is 8.85 Å². The second kappa shape index (κ2) is 13.9. The van der Waals surface area contributed by atoms with E-state index in [2.05, 4.69) is 6.58 Å². The molecule has 0 heterocycles. The van der Waals surface area contributed by atoms with Crippen molar-refractivity contribution in [3.8, 4) is 0 Å². The van der Waals surface area contributed by atoms with Crippen LogP contribution in [-0.2, 0) is 8.85 Å². The van der Waals surface area contributed by atoms with Crippen LogP contribution in [-0.4, -0.2) is 23.5 Å². The third-order valence-electron chi connectivity index (χ3n) is 3.12. The lowest BCUT2D eigenvalue weighted by Gasteiger charge is -2.10. The molecule has 0 unspecified atom stereocenters. The number of hydrogen-bond donors (Lipinski definition) is 0. The zero-order valence-electron chi connectivity index (χ0n) is 11.7. The highest BCUT2D eigenvalue weighted by Gasteiger charge is 2.07. The summed E-state index contributed by atoms with van der Waals surface area (Å²) in [5.74, 6) is 0. The molecule has 0 spiro atoms. The van der Waals surface area contributed by atoms with Gasteiger partial charge in [-0.25, -0.2) is 0 Å². The molecule has 0 saturated heterocycles. The van der Waals surface area contributed by atoms with Crippen molar-refractivity contribution in [2.24, 2.45) is 0 Å². The SMILES string of the molecule is C=CCCCCCCCCCC[SiH](OC)OC. The molecule has 17 heavy (non-hydrogen) atoms. The van der Waals surface area contributed by atoms with Gasteiger partial charge in [-0.05, 0) is 18.9 Å². The Hall–Kier alpha value is -0.123. The average molecular weight is 258 g/mol. The van der Waals surface area contributed by atoms with Crippen molar-refractivity contribution < 1.29 is 8.85 Å². The van der Waals surface area contributed by atoms with Crippen LogP contribution in [0.4, 0.5) is 0 Å². The first kappa shape index (κ1) is 16.9. The minimum Gasteiger partial charge on any atom is -0.400 e. The first-order valence-corrected chi connectivity index (χ1v) is 8.77. The van der Waals surface area contributed by atoms with Crippen LogP contribution in [0.25, 0.3) is 0 Å². The standard InChI is InChI=1S/C14H30O2Si/c1-4-5-6-7-8-9-10-11-12-13-14-17(15-2)16-3/h4,17H,1,5-14H2,2-3H3. The van der Waals surface area contributed by atoms with Gasteiger partial charge in [-0.15, -0.1) is 6.58 Å². The van der Waals surface area contributed by atoms with Crippen LogP contribution in [0.15, 0.2) is 12.7 Å². The van der Waals surface area contributed by atoms with Crippen LogP contribution >= 0.6 is 0 Å². The van der Waals surface area contributed by atoms with E-state index >= 15 is 0 Å². The molecule has 0 aliphatic rings. The summed E-state index contributed by atoms with van der Waals surface area (Å²) in [5, 5.41) is 0. The summed E-state index contributed by atoms with van der Waals surface area (Å²) in [6, 6.07) is 1.16. The molecule has 3 heteroatoms. The Morgan fingerprint density at radius 2 is 1.29 bits per heavy atom. The van der Waals surface area contributed by atoms with Crippen molar-refractivity contribution in [3.63, 3.8) is 0 Å². The maximum atomic E-state index is 5.29. The van der Waals surface area contributed by atoms with E-state index in [1.807, 2.05) is 6.08 Å². The minimum absolute atomic E-state index is 1.16. The van der Waals surface area contributed by atoms with E-state index in [0.29, 0.717) is 0 Å². The largest absolute Gasteiger partial charge is 0.400 e. The highest BCUT2D eigenvalue weighted by atomic mass is 28.3. The molecule has 0 aliphatic heterocycles. The summed E-state index contributed by atoms with van der Waals surface area (Å²) in [6.45, 7) is 3.74. The van der Waals surface area contributed by atoms with Gasteiger partial charge in [0.15, 0.2) is 0 Å². The summed E-state index contributed by atoms with van der Waals surface area (Å²) in [7, 11) is 2.26. The molecule has 0 aliphatic carbocycles. The summed E-state index contributed by atoms with van der Waals surface area (Å²) in [6.07, 6.45) is 14.0. The molecule has 0 fully saturated rings. The molecule has 0 aromatic rings. The van der Waals surface area contributed by atoms with Crippen molar-refractivity contribution in [1.29, 1.82) is 0 Å². The molecule has 0 radical (unpaired) electrons. The number of unbranched alkanes of at least 4 members (excludes halogenated alkanes) is 8. The smallest absolute Gasteiger partial charge is 0.320 e. The lowest BCUT2D eigenvalue weighted by molar-refractivity contribution is 0.276. The van der Waals surface area contributed by atoms with Crippen LogP contribution in [0.1, 0.15) is 57.8 Å². The maximum absolute atomic E-state index is 5.29. The van der Waals surface area contributed by atoms with Gasteiger partial charge < -0.3 is 8.85 Å². The quantitative estimate of drug-likeness (QED) is 0.280. The fraction of sp³-hybridized carbons (Fsp3) is 0.857. The fourth-order valence-corrected chi connectivity index (χ4v) is 3.28. The molecule has 0 N–H and O–H groups in total. The molecular weight excluding hydrogens is 228 g/mol. The summed E-state index contributed by atoms with van der Waals surface area (Å²) < 4.78 is 10.6. The Labute approximate surface area is 109 Å². The molecule has 0 saturated carbocycles.